The summed E-state index contributed by atoms with van der Waals surface area (Å²) in [6, 6.07) is 10.7. The van der Waals surface area contributed by atoms with Crippen LogP contribution in [0.1, 0.15) is 60.7 Å². The lowest BCUT2D eigenvalue weighted by atomic mass is 10.0. The van der Waals surface area contributed by atoms with Crippen molar-refractivity contribution in [2.75, 3.05) is 44.6 Å². The van der Waals surface area contributed by atoms with Crippen LogP contribution in [0.2, 0.25) is 0 Å². The third-order valence-corrected chi connectivity index (χ3v) is 13.3. The molecular formula is C35H44F3N9O2S2. The quantitative estimate of drug-likeness (QED) is 0.198. The van der Waals surface area contributed by atoms with Gasteiger partial charge < -0.3 is 9.88 Å². The molecule has 3 aliphatic rings. The van der Waals surface area contributed by atoms with E-state index in [1.165, 1.54) is 11.9 Å². The molecule has 11 nitrogen and oxygen atoms in total. The minimum atomic E-state index is -4.27. The van der Waals surface area contributed by atoms with Crippen molar-refractivity contribution in [2.45, 2.75) is 89.8 Å². The van der Waals surface area contributed by atoms with Gasteiger partial charge in [0.1, 0.15) is 28.7 Å². The molecule has 0 unspecified atom stereocenters. The number of likely N-dealkylation sites (tertiary alicyclic amines) is 1. The summed E-state index contributed by atoms with van der Waals surface area (Å²) in [5.41, 5.74) is 4.04. The molecule has 0 spiro atoms. The zero-order chi connectivity index (χ0) is 35.9. The molecule has 1 aromatic carbocycles. The van der Waals surface area contributed by atoms with Crippen LogP contribution in [0.25, 0.3) is 21.1 Å². The topological polar surface area (TPSA) is 122 Å². The fraction of sp³-hybridized carbons (Fsp3) is 0.571. The zero-order valence-electron chi connectivity index (χ0n) is 28.9. The maximum atomic E-state index is 13.0. The summed E-state index contributed by atoms with van der Waals surface area (Å²) in [5, 5.41) is 15.3. The highest BCUT2D eigenvalue weighted by Crippen LogP contribution is 2.34. The number of halogens is 3. The van der Waals surface area contributed by atoms with Crippen LogP contribution in [0.4, 0.5) is 19.0 Å². The first-order valence-corrected chi connectivity index (χ1v) is 20.0. The number of hydrogen-bond acceptors (Lipinski definition) is 9. The molecule has 51 heavy (non-hydrogen) atoms. The van der Waals surface area contributed by atoms with Gasteiger partial charge in [-0.25, -0.2) is 9.97 Å². The van der Waals surface area contributed by atoms with Gasteiger partial charge in [-0.3, -0.25) is 9.80 Å². The van der Waals surface area contributed by atoms with Crippen molar-refractivity contribution >= 4 is 48.5 Å². The van der Waals surface area contributed by atoms with Crippen LogP contribution in [0.3, 0.4) is 0 Å². The van der Waals surface area contributed by atoms with E-state index < -0.39 is 22.8 Å². The van der Waals surface area contributed by atoms with Crippen molar-refractivity contribution in [1.82, 2.24) is 33.4 Å². The number of piperazine rings is 1. The van der Waals surface area contributed by atoms with Crippen LogP contribution in [0, 0.1) is 18.3 Å². The van der Waals surface area contributed by atoms with Gasteiger partial charge in [-0.15, -0.1) is 11.3 Å². The summed E-state index contributed by atoms with van der Waals surface area (Å²) in [6.45, 7) is 9.65. The standard InChI is InChI=1S/C35H44F3N9O2S2/c1-3-27(45-12-14-46(15-13-45)51(48,49)43-26-5-6-26)21-47-28(19-39)16-30-23(2)24(4-7-32(30)47)20-44-10-8-25(9-11-44)42-33-31-17-29(18-35(36,37)38)50-34(31)41-22-40-33/h4,7,16-17,22,25-27,43H,3,5-6,8-15,18,20-21H2,1-2H3,(H,40,41,42)/t27-/m0/s1. The van der Waals surface area contributed by atoms with Gasteiger partial charge in [-0.1, -0.05) is 13.0 Å². The van der Waals surface area contributed by atoms with Gasteiger partial charge in [0.25, 0.3) is 10.2 Å². The molecule has 3 fully saturated rings. The number of anilines is 1. The number of alkyl halides is 3. The van der Waals surface area contributed by atoms with E-state index in [0.29, 0.717) is 54.5 Å². The van der Waals surface area contributed by atoms with Gasteiger partial charge in [0.2, 0.25) is 0 Å². The zero-order valence-corrected chi connectivity index (χ0v) is 30.5. The van der Waals surface area contributed by atoms with Crippen molar-refractivity contribution in [3.05, 3.63) is 52.3 Å². The van der Waals surface area contributed by atoms with E-state index in [-0.39, 0.29) is 23.0 Å². The second kappa shape index (κ2) is 14.6. The number of rotatable bonds is 12. The molecule has 1 saturated carbocycles. The lowest BCUT2D eigenvalue weighted by Crippen LogP contribution is -2.55. The molecule has 1 aliphatic carbocycles. The number of nitrogens with one attached hydrogen (secondary N) is 2. The van der Waals surface area contributed by atoms with E-state index >= 15 is 0 Å². The molecule has 0 radical (unpaired) electrons. The summed E-state index contributed by atoms with van der Waals surface area (Å²) in [5.74, 6) is 0.587. The van der Waals surface area contributed by atoms with E-state index in [4.69, 9.17) is 0 Å². The minimum absolute atomic E-state index is 0.0888. The van der Waals surface area contributed by atoms with E-state index in [2.05, 4.69) is 66.4 Å². The van der Waals surface area contributed by atoms with E-state index in [1.807, 2.05) is 6.07 Å². The Morgan fingerprint density at radius 1 is 1.02 bits per heavy atom. The molecule has 5 heterocycles. The molecule has 1 atom stereocenters. The number of nitriles is 1. The second-order valence-corrected chi connectivity index (χ2v) is 16.9. The van der Waals surface area contributed by atoms with Gasteiger partial charge in [-0.2, -0.15) is 35.9 Å². The highest BCUT2D eigenvalue weighted by atomic mass is 32.2. The van der Waals surface area contributed by atoms with Crippen molar-refractivity contribution in [3.8, 4) is 6.07 Å². The number of aromatic nitrogens is 3. The third-order valence-electron chi connectivity index (χ3n) is 10.5. The van der Waals surface area contributed by atoms with Crippen LogP contribution in [0.15, 0.2) is 30.6 Å². The average Bonchev–Trinajstić information content (AvgIpc) is 3.68. The molecule has 4 aromatic rings. The number of fused-ring (bicyclic) bond motifs is 2. The summed E-state index contributed by atoms with van der Waals surface area (Å²) in [7, 11) is -3.44. The fourth-order valence-electron chi connectivity index (χ4n) is 7.47. The van der Waals surface area contributed by atoms with Crippen molar-refractivity contribution in [1.29, 1.82) is 5.26 Å². The summed E-state index contributed by atoms with van der Waals surface area (Å²) in [6.07, 6.45) is 0.622. The summed E-state index contributed by atoms with van der Waals surface area (Å²) < 4.78 is 70.9. The highest BCUT2D eigenvalue weighted by molar-refractivity contribution is 7.87. The predicted molar refractivity (Wildman–Crippen MR) is 193 cm³/mol. The molecule has 0 amide bonds. The SMILES string of the molecule is CC[C@@H](Cn1c(C#N)cc2c(C)c(CN3CCC(Nc4ncnc5sc(CC(F)(F)F)cc45)CC3)ccc21)N1CCN(S(=O)(=O)NC2CC2)CC1. The molecule has 2 aliphatic heterocycles. The Bertz CT molecular complexity index is 2020. The number of piperidine rings is 1. The minimum Gasteiger partial charge on any atom is -0.367 e. The molecule has 274 valence electrons. The second-order valence-electron chi connectivity index (χ2n) is 14.1. The maximum absolute atomic E-state index is 13.0. The van der Waals surface area contributed by atoms with Gasteiger partial charge in [0.05, 0.1) is 11.8 Å². The van der Waals surface area contributed by atoms with Gasteiger partial charge in [-0.05, 0) is 68.4 Å². The number of thiophene rings is 1. The first kappa shape index (κ1) is 36.0. The van der Waals surface area contributed by atoms with Gasteiger partial charge in [0.15, 0.2) is 0 Å². The molecule has 2 saturated heterocycles. The van der Waals surface area contributed by atoms with Gasteiger partial charge >= 0.3 is 6.18 Å². The van der Waals surface area contributed by atoms with Gasteiger partial charge in [0, 0.05) is 86.3 Å². The Balaban J connectivity index is 0.975. The van der Waals surface area contributed by atoms with Crippen LogP contribution >= 0.6 is 11.3 Å². The first-order chi connectivity index (χ1) is 24.4. The van der Waals surface area contributed by atoms with Crippen LogP contribution in [-0.4, -0.2) is 101 Å². The molecule has 0 bridgehead atoms. The number of benzene rings is 1. The normalized spacial score (nSPS) is 19.5. The number of hydrogen-bond donors (Lipinski definition) is 2. The molecule has 7 rings (SSSR count). The lowest BCUT2D eigenvalue weighted by molar-refractivity contribution is -0.126. The third kappa shape index (κ3) is 8.18. The largest absolute Gasteiger partial charge is 0.393 e. The Morgan fingerprint density at radius 3 is 2.43 bits per heavy atom. The maximum Gasteiger partial charge on any atom is 0.393 e. The number of aryl methyl sites for hydroxylation is 1. The van der Waals surface area contributed by atoms with Crippen LogP contribution < -0.4 is 10.0 Å². The van der Waals surface area contributed by atoms with Crippen LogP contribution in [0.5, 0.6) is 0 Å². The summed E-state index contributed by atoms with van der Waals surface area (Å²) >= 11 is 1.06. The smallest absolute Gasteiger partial charge is 0.367 e. The molecular weight excluding hydrogens is 700 g/mol. The Kier molecular flexibility index (Phi) is 10.3. The fourth-order valence-corrected chi connectivity index (χ4v) is 9.94. The monoisotopic (exact) mass is 743 g/mol. The molecule has 2 N–H and O–H groups in total. The van der Waals surface area contributed by atoms with Crippen molar-refractivity contribution in [3.63, 3.8) is 0 Å². The summed E-state index contributed by atoms with van der Waals surface area (Å²) in [4.78, 5) is 14.1. The predicted octanol–water partition coefficient (Wildman–Crippen LogP) is 5.40. The Morgan fingerprint density at radius 2 is 1.76 bits per heavy atom. The molecule has 16 heteroatoms. The molecule has 3 aromatic heterocycles. The Hall–Kier alpha value is -3.33. The van der Waals surface area contributed by atoms with E-state index in [9.17, 15) is 26.9 Å². The van der Waals surface area contributed by atoms with E-state index in [1.54, 1.807) is 10.4 Å². The van der Waals surface area contributed by atoms with E-state index in [0.717, 1.165) is 79.5 Å². The first-order valence-electron chi connectivity index (χ1n) is 17.7. The van der Waals surface area contributed by atoms with Crippen LogP contribution in [-0.2, 0) is 29.7 Å². The average molecular weight is 744 g/mol. The Labute approximate surface area is 300 Å². The van der Waals surface area contributed by atoms with Crippen molar-refractivity contribution < 1.29 is 21.6 Å². The van der Waals surface area contributed by atoms with Crippen molar-refractivity contribution in [2.24, 2.45) is 0 Å². The highest BCUT2D eigenvalue weighted by Gasteiger charge is 2.34. The lowest BCUT2D eigenvalue weighted by Gasteiger charge is -2.38. The number of nitrogens with zero attached hydrogens (tertiary/aromatic N) is 7.